The average molecular weight is 327 g/mol. The number of carbonyl (C=O) groups excluding carboxylic acids is 2. The van der Waals surface area contributed by atoms with Crippen molar-refractivity contribution in [2.24, 2.45) is 5.41 Å². The van der Waals surface area contributed by atoms with Crippen LogP contribution in [0.3, 0.4) is 0 Å². The van der Waals surface area contributed by atoms with Gasteiger partial charge in [-0.3, -0.25) is 10.1 Å². The molecule has 0 unspecified atom stereocenters. The highest BCUT2D eigenvalue weighted by Gasteiger charge is 2.35. The van der Waals surface area contributed by atoms with Crippen molar-refractivity contribution in [3.63, 3.8) is 0 Å². The molecule has 1 aliphatic rings. The Hall–Kier alpha value is -1.43. The van der Waals surface area contributed by atoms with Crippen molar-refractivity contribution >= 4 is 23.8 Å². The molecule has 1 aliphatic heterocycles. The minimum Gasteiger partial charge on any atom is -0.465 e. The van der Waals surface area contributed by atoms with Gasteiger partial charge in [-0.05, 0) is 54.0 Å². The van der Waals surface area contributed by atoms with Crippen LogP contribution in [0.2, 0.25) is 0 Å². The summed E-state index contributed by atoms with van der Waals surface area (Å²) in [5.74, 6) is -0.271. The van der Waals surface area contributed by atoms with Crippen LogP contribution in [0.15, 0.2) is 22.1 Å². The van der Waals surface area contributed by atoms with Gasteiger partial charge in [0, 0.05) is 4.91 Å². The Kier molecular flexibility index (Phi) is 6.11. The van der Waals surface area contributed by atoms with E-state index in [1.807, 2.05) is 46.8 Å². The molecule has 0 aromatic heterocycles. The van der Waals surface area contributed by atoms with Crippen molar-refractivity contribution in [2.75, 3.05) is 6.61 Å². The molecule has 0 aromatic rings. The van der Waals surface area contributed by atoms with Crippen molar-refractivity contribution in [2.45, 2.75) is 53.6 Å². The molecule has 0 saturated heterocycles. The summed E-state index contributed by atoms with van der Waals surface area (Å²) >= 11 is 1.36. The van der Waals surface area contributed by atoms with Crippen LogP contribution >= 0.6 is 11.8 Å². The molecule has 1 amide bonds. The third kappa shape index (κ3) is 5.40. The summed E-state index contributed by atoms with van der Waals surface area (Å²) in [4.78, 5) is 24.8. The van der Waals surface area contributed by atoms with Gasteiger partial charge in [-0.1, -0.05) is 17.8 Å². The molecule has 0 saturated carbocycles. The summed E-state index contributed by atoms with van der Waals surface area (Å²) in [7, 11) is 0. The molecule has 1 N–H and O–H groups in total. The largest absolute Gasteiger partial charge is 0.465 e. The number of rotatable bonds is 4. The lowest BCUT2D eigenvalue weighted by Crippen LogP contribution is -2.33. The lowest BCUT2D eigenvalue weighted by Gasteiger charge is -2.28. The van der Waals surface area contributed by atoms with Crippen molar-refractivity contribution < 1.29 is 19.1 Å². The zero-order valence-electron chi connectivity index (χ0n) is 14.1. The highest BCUT2D eigenvalue weighted by molar-refractivity contribution is 8.06. The van der Waals surface area contributed by atoms with E-state index in [1.165, 1.54) is 11.8 Å². The summed E-state index contributed by atoms with van der Waals surface area (Å²) < 4.78 is 10.3. The van der Waals surface area contributed by atoms with E-state index in [-0.39, 0.29) is 5.97 Å². The van der Waals surface area contributed by atoms with Crippen molar-refractivity contribution in [1.82, 2.24) is 5.32 Å². The van der Waals surface area contributed by atoms with Crippen LogP contribution in [0.25, 0.3) is 0 Å². The standard InChI is InChI=1S/C16H25NO4S/c1-7-20-13(18)16(5,6)11-9-8-10-12(22-11)17-14(19)21-15(2,3)4/h9-10H,7-8H2,1-6H3,(H,17,19). The molecule has 5 nitrogen and oxygen atoms in total. The third-order valence-corrected chi connectivity index (χ3v) is 4.24. The molecule has 1 heterocycles. The van der Waals surface area contributed by atoms with Gasteiger partial charge < -0.3 is 9.47 Å². The number of hydrogen-bond acceptors (Lipinski definition) is 5. The quantitative estimate of drug-likeness (QED) is 0.792. The van der Waals surface area contributed by atoms with Crippen LogP contribution in [0.4, 0.5) is 4.79 Å². The summed E-state index contributed by atoms with van der Waals surface area (Å²) in [6, 6.07) is 0. The van der Waals surface area contributed by atoms with Gasteiger partial charge >= 0.3 is 12.1 Å². The summed E-state index contributed by atoms with van der Waals surface area (Å²) in [5.41, 5.74) is -1.29. The van der Waals surface area contributed by atoms with Crippen LogP contribution in [0, 0.1) is 5.41 Å². The minimum absolute atomic E-state index is 0.271. The van der Waals surface area contributed by atoms with Gasteiger partial charge in [0.2, 0.25) is 0 Å². The number of allylic oxidation sites excluding steroid dienone is 2. The molecule has 0 atom stereocenters. The van der Waals surface area contributed by atoms with E-state index in [4.69, 9.17) is 9.47 Å². The molecule has 124 valence electrons. The first-order valence-electron chi connectivity index (χ1n) is 7.32. The number of carbonyl (C=O) groups is 2. The highest BCUT2D eigenvalue weighted by atomic mass is 32.2. The Morgan fingerprint density at radius 1 is 1.23 bits per heavy atom. The first-order chi connectivity index (χ1) is 10.1. The predicted octanol–water partition coefficient (Wildman–Crippen LogP) is 3.96. The predicted molar refractivity (Wildman–Crippen MR) is 88.2 cm³/mol. The Labute approximate surface area is 136 Å². The number of alkyl carbamates (subject to hydrolysis) is 1. The number of nitrogens with one attached hydrogen (secondary N) is 1. The van der Waals surface area contributed by atoms with E-state index < -0.39 is 17.1 Å². The molecular weight excluding hydrogens is 302 g/mol. The topological polar surface area (TPSA) is 64.6 Å². The average Bonchev–Trinajstić information content (AvgIpc) is 2.36. The lowest BCUT2D eigenvalue weighted by atomic mass is 9.92. The number of ether oxygens (including phenoxy) is 2. The van der Waals surface area contributed by atoms with E-state index in [2.05, 4.69) is 5.32 Å². The van der Waals surface area contributed by atoms with Gasteiger partial charge in [0.15, 0.2) is 0 Å². The van der Waals surface area contributed by atoms with Crippen LogP contribution in [0.5, 0.6) is 0 Å². The first kappa shape index (κ1) is 18.6. The molecule has 0 spiro atoms. The molecule has 0 fully saturated rings. The summed E-state index contributed by atoms with van der Waals surface area (Å²) in [6.45, 7) is 11.2. The van der Waals surface area contributed by atoms with E-state index in [1.54, 1.807) is 6.92 Å². The molecule has 1 rings (SSSR count). The number of esters is 1. The van der Waals surface area contributed by atoms with Crippen molar-refractivity contribution in [3.05, 3.63) is 22.1 Å². The fraction of sp³-hybridized carbons (Fsp3) is 0.625. The van der Waals surface area contributed by atoms with Gasteiger partial charge in [0.25, 0.3) is 0 Å². The molecule has 0 bridgehead atoms. The van der Waals surface area contributed by atoms with Crippen LogP contribution in [-0.2, 0) is 14.3 Å². The van der Waals surface area contributed by atoms with Crippen molar-refractivity contribution in [1.29, 1.82) is 0 Å². The van der Waals surface area contributed by atoms with E-state index >= 15 is 0 Å². The zero-order valence-corrected chi connectivity index (χ0v) is 14.9. The number of hydrogen-bond donors (Lipinski definition) is 1. The highest BCUT2D eigenvalue weighted by Crippen LogP contribution is 2.42. The SMILES string of the molecule is CCOC(=O)C(C)(C)C1=CCC=C(NC(=O)OC(C)(C)C)S1. The van der Waals surface area contributed by atoms with Crippen LogP contribution in [0.1, 0.15) is 48.0 Å². The maximum absolute atomic E-state index is 12.1. The molecular formula is C16H25NO4S. The molecule has 22 heavy (non-hydrogen) atoms. The number of amides is 1. The second-order valence-electron chi connectivity index (χ2n) is 6.45. The van der Waals surface area contributed by atoms with Gasteiger partial charge in [-0.25, -0.2) is 4.79 Å². The second-order valence-corrected chi connectivity index (χ2v) is 7.53. The second kappa shape index (κ2) is 7.22. The normalized spacial score (nSPS) is 15.5. The lowest BCUT2D eigenvalue weighted by molar-refractivity contribution is -0.150. The smallest absolute Gasteiger partial charge is 0.412 e. The Morgan fingerprint density at radius 2 is 1.86 bits per heavy atom. The maximum atomic E-state index is 12.1. The van der Waals surface area contributed by atoms with E-state index in [9.17, 15) is 9.59 Å². The Bertz CT molecular complexity index is 501. The molecule has 0 aliphatic carbocycles. The fourth-order valence-corrected chi connectivity index (χ4v) is 2.82. The van der Waals surface area contributed by atoms with Gasteiger partial charge in [-0.15, -0.1) is 0 Å². The summed E-state index contributed by atoms with van der Waals surface area (Å²) in [5, 5.41) is 3.39. The minimum atomic E-state index is -0.740. The number of thioether (sulfide) groups is 1. The Morgan fingerprint density at radius 3 is 2.41 bits per heavy atom. The van der Waals surface area contributed by atoms with Crippen LogP contribution in [-0.4, -0.2) is 24.3 Å². The van der Waals surface area contributed by atoms with Gasteiger partial charge in [0.05, 0.1) is 17.1 Å². The summed E-state index contributed by atoms with van der Waals surface area (Å²) in [6.07, 6.45) is 4.01. The van der Waals surface area contributed by atoms with E-state index in [0.29, 0.717) is 18.1 Å². The Balaban J connectivity index is 2.69. The van der Waals surface area contributed by atoms with Crippen LogP contribution < -0.4 is 5.32 Å². The third-order valence-electron chi connectivity index (χ3n) is 2.85. The van der Waals surface area contributed by atoms with E-state index in [0.717, 1.165) is 4.91 Å². The van der Waals surface area contributed by atoms with Crippen molar-refractivity contribution in [3.8, 4) is 0 Å². The molecule has 0 radical (unpaired) electrons. The van der Waals surface area contributed by atoms with Gasteiger partial charge in [0.1, 0.15) is 5.60 Å². The fourth-order valence-electron chi connectivity index (χ4n) is 1.75. The zero-order chi connectivity index (χ0) is 17.0. The molecule has 0 aromatic carbocycles. The monoisotopic (exact) mass is 327 g/mol. The van der Waals surface area contributed by atoms with Gasteiger partial charge in [-0.2, -0.15) is 0 Å². The molecule has 6 heteroatoms. The maximum Gasteiger partial charge on any atom is 0.412 e. The first-order valence-corrected chi connectivity index (χ1v) is 8.13.